The van der Waals surface area contributed by atoms with Gasteiger partial charge in [-0.25, -0.2) is 8.42 Å². The van der Waals surface area contributed by atoms with Crippen molar-refractivity contribution < 1.29 is 35.9 Å². The van der Waals surface area contributed by atoms with E-state index in [-0.39, 0.29) is 38.9 Å². The third-order valence-electron chi connectivity index (χ3n) is 7.54. The van der Waals surface area contributed by atoms with Gasteiger partial charge in [0, 0.05) is 40.7 Å². The first kappa shape index (κ1) is 31.0. The minimum atomic E-state index is -4.60. The Morgan fingerprint density at radius 1 is 1.16 bits per heavy atom. The highest BCUT2D eigenvalue weighted by atomic mass is 35.5. The molecule has 0 spiro atoms. The molecule has 0 aliphatic carbocycles. The van der Waals surface area contributed by atoms with Crippen LogP contribution in [0.1, 0.15) is 57.9 Å². The quantitative estimate of drug-likeness (QED) is 0.235. The van der Waals surface area contributed by atoms with Gasteiger partial charge in [-0.05, 0) is 67.5 Å². The van der Waals surface area contributed by atoms with E-state index in [9.17, 15) is 31.5 Å². The van der Waals surface area contributed by atoms with Crippen LogP contribution in [0.4, 0.5) is 13.2 Å². The highest BCUT2D eigenvalue weighted by molar-refractivity contribution is 7.91. The number of halogens is 4. The SMILES string of the molecule is CCS(=O)(=O)c1ccc([C@H](CO)NC(=O)c2ccc3c(CN4CCC4)c(Cc4ccc(Cl)cc4C(F)(F)F)oc3c2)nc1. The molecule has 0 radical (unpaired) electrons. The number of rotatable bonds is 10. The lowest BCUT2D eigenvalue weighted by atomic mass is 9.99. The van der Waals surface area contributed by atoms with Crippen molar-refractivity contribution in [1.29, 1.82) is 0 Å². The number of likely N-dealkylation sites (tertiary alicyclic amines) is 1. The van der Waals surface area contributed by atoms with E-state index in [1.807, 2.05) is 0 Å². The fraction of sp³-hybridized carbons (Fsp3) is 0.333. The van der Waals surface area contributed by atoms with Crippen molar-refractivity contribution in [2.45, 2.75) is 43.4 Å². The Morgan fingerprint density at radius 3 is 2.53 bits per heavy atom. The Kier molecular flexibility index (Phi) is 8.85. The molecule has 8 nitrogen and oxygen atoms in total. The van der Waals surface area contributed by atoms with E-state index in [2.05, 4.69) is 15.2 Å². The van der Waals surface area contributed by atoms with Crippen LogP contribution in [0.3, 0.4) is 0 Å². The molecule has 4 aromatic rings. The summed E-state index contributed by atoms with van der Waals surface area (Å²) in [5.74, 6) is -0.271. The highest BCUT2D eigenvalue weighted by Crippen LogP contribution is 2.37. The molecular formula is C30H29ClF3N3O5S. The zero-order valence-corrected chi connectivity index (χ0v) is 24.7. The van der Waals surface area contributed by atoms with Gasteiger partial charge < -0.3 is 14.8 Å². The first-order valence-corrected chi connectivity index (χ1v) is 15.7. The third-order valence-corrected chi connectivity index (χ3v) is 9.50. The molecule has 2 aromatic carbocycles. The first-order valence-electron chi connectivity index (χ1n) is 13.6. The van der Waals surface area contributed by atoms with Gasteiger partial charge in [-0.15, -0.1) is 0 Å². The Balaban J connectivity index is 1.44. The number of nitrogens with zero attached hydrogens (tertiary/aromatic N) is 2. The summed E-state index contributed by atoms with van der Waals surface area (Å²) in [6.07, 6.45) is -2.50. The van der Waals surface area contributed by atoms with E-state index < -0.39 is 40.1 Å². The van der Waals surface area contributed by atoms with Crippen molar-refractivity contribution >= 4 is 38.3 Å². The first-order chi connectivity index (χ1) is 20.4. The van der Waals surface area contributed by atoms with Crippen LogP contribution in [0.15, 0.2) is 64.0 Å². The molecule has 1 amide bonds. The van der Waals surface area contributed by atoms with Crippen LogP contribution in [0.5, 0.6) is 0 Å². The molecule has 0 bridgehead atoms. The number of carbonyl (C=O) groups is 1. The number of furan rings is 1. The van der Waals surface area contributed by atoms with Gasteiger partial charge in [0.1, 0.15) is 11.3 Å². The van der Waals surface area contributed by atoms with Gasteiger partial charge in [0.15, 0.2) is 9.84 Å². The van der Waals surface area contributed by atoms with Crippen molar-refractivity contribution in [2.24, 2.45) is 0 Å². The number of carbonyl (C=O) groups excluding carboxylic acids is 1. The molecule has 5 rings (SSSR count). The second-order valence-electron chi connectivity index (χ2n) is 10.4. The average molecular weight is 636 g/mol. The number of sulfone groups is 1. The highest BCUT2D eigenvalue weighted by Gasteiger charge is 2.34. The number of aliphatic hydroxyl groups is 1. The Labute approximate surface area is 251 Å². The number of hydrogen-bond acceptors (Lipinski definition) is 7. The van der Waals surface area contributed by atoms with E-state index in [4.69, 9.17) is 16.0 Å². The molecule has 2 N–H and O–H groups in total. The van der Waals surface area contributed by atoms with Gasteiger partial charge in [-0.1, -0.05) is 24.6 Å². The van der Waals surface area contributed by atoms with Crippen LogP contribution >= 0.6 is 11.6 Å². The monoisotopic (exact) mass is 635 g/mol. The van der Waals surface area contributed by atoms with Gasteiger partial charge in [-0.3, -0.25) is 14.7 Å². The molecule has 2 aromatic heterocycles. The summed E-state index contributed by atoms with van der Waals surface area (Å²) in [6.45, 7) is 3.25. The Hall–Kier alpha value is -3.45. The minimum Gasteiger partial charge on any atom is -0.460 e. The molecule has 1 aliphatic rings. The summed E-state index contributed by atoms with van der Waals surface area (Å²) < 4.78 is 71.7. The average Bonchev–Trinajstić information content (AvgIpc) is 3.29. The predicted molar refractivity (Wildman–Crippen MR) is 155 cm³/mol. The van der Waals surface area contributed by atoms with Crippen molar-refractivity contribution in [3.8, 4) is 0 Å². The number of aliphatic hydroxyl groups excluding tert-OH is 1. The molecule has 1 atom stereocenters. The molecule has 1 aliphatic heterocycles. The number of hydrogen-bond donors (Lipinski definition) is 2. The standard InChI is InChI=1S/C30H29ClF3N3O5S/c1-2-43(40,41)21-7-9-25(35-15-21)26(17-38)36-29(39)19-5-8-22-23(16-37-10-3-11-37)28(42-27(22)13-19)12-18-4-6-20(31)14-24(18)30(32,33)34/h4-9,13-15,26,38H,2-3,10-12,16-17H2,1H3,(H,36,39)/t26-/m0/s1. The van der Waals surface area contributed by atoms with Gasteiger partial charge in [0.2, 0.25) is 0 Å². The fourth-order valence-corrected chi connectivity index (χ4v) is 5.96. The van der Waals surface area contributed by atoms with Crippen LogP contribution in [0.25, 0.3) is 11.0 Å². The van der Waals surface area contributed by atoms with Crippen molar-refractivity contribution in [1.82, 2.24) is 15.2 Å². The molecule has 13 heteroatoms. The lowest BCUT2D eigenvalue weighted by Gasteiger charge is -2.30. The molecule has 1 fully saturated rings. The topological polar surface area (TPSA) is 113 Å². The van der Waals surface area contributed by atoms with E-state index in [0.717, 1.165) is 31.1 Å². The smallest absolute Gasteiger partial charge is 0.416 e. The summed E-state index contributed by atoms with van der Waals surface area (Å²) in [5, 5.41) is 13.3. The number of alkyl halides is 3. The predicted octanol–water partition coefficient (Wildman–Crippen LogP) is 5.55. The summed E-state index contributed by atoms with van der Waals surface area (Å²) in [6, 6.07) is 10.3. The number of nitrogens with one attached hydrogen (secondary N) is 1. The zero-order valence-electron chi connectivity index (χ0n) is 23.1. The van der Waals surface area contributed by atoms with E-state index >= 15 is 0 Å². The van der Waals surface area contributed by atoms with Crippen LogP contribution in [0.2, 0.25) is 5.02 Å². The number of amides is 1. The fourth-order valence-electron chi connectivity index (χ4n) is 4.96. The second-order valence-corrected chi connectivity index (χ2v) is 13.1. The van der Waals surface area contributed by atoms with E-state index in [0.29, 0.717) is 23.3 Å². The Morgan fingerprint density at radius 2 is 1.93 bits per heavy atom. The lowest BCUT2D eigenvalue weighted by Crippen LogP contribution is -2.36. The zero-order chi connectivity index (χ0) is 30.9. The van der Waals surface area contributed by atoms with E-state index in [1.54, 1.807) is 12.1 Å². The molecule has 0 saturated carbocycles. The molecular weight excluding hydrogens is 607 g/mol. The largest absolute Gasteiger partial charge is 0.460 e. The molecule has 228 valence electrons. The number of fused-ring (bicyclic) bond motifs is 1. The summed E-state index contributed by atoms with van der Waals surface area (Å²) in [5.41, 5.74) is 0.758. The molecule has 3 heterocycles. The van der Waals surface area contributed by atoms with Crippen molar-refractivity contribution in [3.05, 3.63) is 93.5 Å². The Bertz CT molecular complexity index is 1750. The van der Waals surface area contributed by atoms with Crippen LogP contribution in [-0.2, 0) is 29.0 Å². The third kappa shape index (κ3) is 6.72. The van der Waals surface area contributed by atoms with Gasteiger partial charge in [0.05, 0.1) is 34.6 Å². The minimum absolute atomic E-state index is 0.0181. The molecule has 43 heavy (non-hydrogen) atoms. The van der Waals surface area contributed by atoms with Gasteiger partial charge in [-0.2, -0.15) is 13.2 Å². The summed E-state index contributed by atoms with van der Waals surface area (Å²) in [4.78, 5) is 19.5. The molecule has 1 saturated heterocycles. The summed E-state index contributed by atoms with van der Waals surface area (Å²) >= 11 is 5.87. The van der Waals surface area contributed by atoms with Crippen LogP contribution in [0, 0.1) is 0 Å². The van der Waals surface area contributed by atoms with Crippen LogP contribution in [-0.4, -0.2) is 54.8 Å². The van der Waals surface area contributed by atoms with E-state index in [1.165, 1.54) is 43.5 Å². The summed E-state index contributed by atoms with van der Waals surface area (Å²) in [7, 11) is -3.46. The maximum Gasteiger partial charge on any atom is 0.416 e. The number of pyridine rings is 1. The maximum absolute atomic E-state index is 13.8. The van der Waals surface area contributed by atoms with Crippen LogP contribution < -0.4 is 5.32 Å². The molecule has 0 unspecified atom stereocenters. The number of aromatic nitrogens is 1. The van der Waals surface area contributed by atoms with Gasteiger partial charge >= 0.3 is 6.18 Å². The van der Waals surface area contributed by atoms with Gasteiger partial charge in [0.25, 0.3) is 5.91 Å². The maximum atomic E-state index is 13.8. The van der Waals surface area contributed by atoms with Crippen molar-refractivity contribution in [2.75, 3.05) is 25.4 Å². The number of benzene rings is 2. The normalized spacial score (nSPS) is 14.9. The lowest BCUT2D eigenvalue weighted by molar-refractivity contribution is -0.138. The van der Waals surface area contributed by atoms with Crippen molar-refractivity contribution in [3.63, 3.8) is 0 Å². The second kappa shape index (κ2) is 12.3.